The van der Waals surface area contributed by atoms with Crippen LogP contribution in [0.25, 0.3) is 0 Å². The van der Waals surface area contributed by atoms with E-state index >= 15 is 0 Å². The molecule has 0 saturated heterocycles. The van der Waals surface area contributed by atoms with E-state index in [4.69, 9.17) is 0 Å². The molecule has 1 heterocycles. The van der Waals surface area contributed by atoms with E-state index in [1.165, 1.54) is 4.90 Å². The maximum Gasteiger partial charge on any atom is 0.252 e. The zero-order chi connectivity index (χ0) is 18.4. The number of likely N-dealkylation sites (N-methyl/N-ethyl adjacent to an activating group) is 1. The van der Waals surface area contributed by atoms with Crippen LogP contribution < -0.4 is 5.32 Å². The quantitative estimate of drug-likeness (QED) is 0.808. The normalized spacial score (nSPS) is 11.0. The zero-order valence-electron chi connectivity index (χ0n) is 14.9. The number of hydrogen-bond acceptors (Lipinski definition) is 4. The van der Waals surface area contributed by atoms with Crippen molar-refractivity contribution in [2.45, 2.75) is 30.2 Å². The Bertz CT molecular complexity index is 728. The van der Waals surface area contributed by atoms with Gasteiger partial charge in [0.1, 0.15) is 5.54 Å². The van der Waals surface area contributed by atoms with Gasteiger partial charge < -0.3 is 10.2 Å². The number of nitrogens with one attached hydrogen (secondary N) is 1. The zero-order valence-corrected chi connectivity index (χ0v) is 15.8. The molecule has 0 spiro atoms. The number of amides is 2. The van der Waals surface area contributed by atoms with Crippen LogP contribution in [0.5, 0.6) is 0 Å². The summed E-state index contributed by atoms with van der Waals surface area (Å²) >= 11 is 1.64. The van der Waals surface area contributed by atoms with Crippen LogP contribution in [0.3, 0.4) is 0 Å². The maximum absolute atomic E-state index is 12.4. The number of thioether (sulfide) groups is 1. The van der Waals surface area contributed by atoms with Crippen molar-refractivity contribution in [2.75, 3.05) is 14.1 Å². The molecule has 0 fully saturated rings. The Morgan fingerprint density at radius 3 is 2.36 bits per heavy atom. The fourth-order valence-electron chi connectivity index (χ4n) is 2.31. The maximum atomic E-state index is 12.4. The summed E-state index contributed by atoms with van der Waals surface area (Å²) in [5, 5.41) is 3.75. The first kappa shape index (κ1) is 19.0. The highest BCUT2D eigenvalue weighted by Gasteiger charge is 2.31. The molecule has 2 rings (SSSR count). The van der Waals surface area contributed by atoms with Crippen LogP contribution in [0.2, 0.25) is 0 Å². The number of rotatable bonds is 6. The summed E-state index contributed by atoms with van der Waals surface area (Å²) in [6.07, 6.45) is 1.77. The molecule has 2 amide bonds. The first-order valence-corrected chi connectivity index (χ1v) is 8.95. The van der Waals surface area contributed by atoms with Gasteiger partial charge in [-0.3, -0.25) is 9.59 Å². The van der Waals surface area contributed by atoms with E-state index in [1.807, 2.05) is 30.3 Å². The topological polar surface area (TPSA) is 62.3 Å². The smallest absolute Gasteiger partial charge is 0.252 e. The van der Waals surface area contributed by atoms with E-state index in [9.17, 15) is 9.59 Å². The molecule has 0 aliphatic heterocycles. The Hall–Kier alpha value is -2.34. The van der Waals surface area contributed by atoms with Crippen molar-refractivity contribution < 1.29 is 9.59 Å². The minimum absolute atomic E-state index is 0.149. The number of pyridine rings is 1. The lowest BCUT2D eigenvalue weighted by molar-refractivity contribution is -0.134. The number of carbonyl (C=O) groups is 2. The fourth-order valence-corrected chi connectivity index (χ4v) is 3.13. The van der Waals surface area contributed by atoms with Gasteiger partial charge in [0.15, 0.2) is 0 Å². The van der Waals surface area contributed by atoms with Crippen molar-refractivity contribution in [2.24, 2.45) is 0 Å². The van der Waals surface area contributed by atoms with Crippen molar-refractivity contribution in [1.82, 2.24) is 15.2 Å². The van der Waals surface area contributed by atoms with Gasteiger partial charge in [0.05, 0.1) is 5.03 Å². The Balaban J connectivity index is 1.97. The summed E-state index contributed by atoms with van der Waals surface area (Å²) in [6.45, 7) is 3.40. The Labute approximate surface area is 152 Å². The van der Waals surface area contributed by atoms with E-state index in [1.54, 1.807) is 58.0 Å². The molecule has 0 saturated carbocycles. The molecule has 6 heteroatoms. The van der Waals surface area contributed by atoms with Crippen LogP contribution in [0.15, 0.2) is 53.7 Å². The lowest BCUT2D eigenvalue weighted by Crippen LogP contribution is -2.54. The van der Waals surface area contributed by atoms with Gasteiger partial charge >= 0.3 is 0 Å². The monoisotopic (exact) mass is 357 g/mol. The highest BCUT2D eigenvalue weighted by molar-refractivity contribution is 7.98. The minimum atomic E-state index is -0.950. The summed E-state index contributed by atoms with van der Waals surface area (Å²) in [5.41, 5.74) is 0.690. The highest BCUT2D eigenvalue weighted by atomic mass is 32.2. The average molecular weight is 357 g/mol. The molecular formula is C19H23N3O2S. The molecule has 132 valence electrons. The first-order chi connectivity index (χ1) is 11.8. The number of aromatic nitrogens is 1. The van der Waals surface area contributed by atoms with Crippen molar-refractivity contribution in [3.8, 4) is 0 Å². The summed E-state index contributed by atoms with van der Waals surface area (Å²) in [7, 11) is 3.34. The average Bonchev–Trinajstić information content (AvgIpc) is 2.60. The third-order valence-corrected chi connectivity index (χ3v) is 4.62. The number of nitrogens with zero attached hydrogens (tertiary/aromatic N) is 2. The second-order valence-electron chi connectivity index (χ2n) is 6.43. The van der Waals surface area contributed by atoms with Crippen molar-refractivity contribution in [3.05, 3.63) is 59.8 Å². The Kier molecular flexibility index (Phi) is 6.20. The van der Waals surface area contributed by atoms with Gasteiger partial charge in [0.2, 0.25) is 5.91 Å². The SMILES string of the molecule is CN(C)C(=O)C(C)(C)NC(=O)c1ccc(CSc2ccccn2)cc1. The molecule has 25 heavy (non-hydrogen) atoms. The highest BCUT2D eigenvalue weighted by Crippen LogP contribution is 2.20. The summed E-state index contributed by atoms with van der Waals surface area (Å²) in [4.78, 5) is 30.2. The molecule has 1 aromatic carbocycles. The fraction of sp³-hybridized carbons (Fsp3) is 0.316. The molecule has 1 N–H and O–H groups in total. The van der Waals surface area contributed by atoms with Crippen LogP contribution >= 0.6 is 11.8 Å². The first-order valence-electron chi connectivity index (χ1n) is 7.96. The van der Waals surface area contributed by atoms with Gasteiger partial charge in [-0.1, -0.05) is 18.2 Å². The lowest BCUT2D eigenvalue weighted by atomic mass is 10.0. The second-order valence-corrected chi connectivity index (χ2v) is 7.43. The van der Waals surface area contributed by atoms with E-state index in [2.05, 4.69) is 10.3 Å². The molecule has 5 nitrogen and oxygen atoms in total. The Morgan fingerprint density at radius 1 is 1.12 bits per heavy atom. The van der Waals surface area contributed by atoms with E-state index in [-0.39, 0.29) is 11.8 Å². The van der Waals surface area contributed by atoms with E-state index < -0.39 is 5.54 Å². The molecule has 0 aliphatic carbocycles. The van der Waals surface area contributed by atoms with Crippen LogP contribution in [-0.2, 0) is 10.5 Å². The summed E-state index contributed by atoms with van der Waals surface area (Å²) in [5.74, 6) is 0.372. The van der Waals surface area contributed by atoms with Crippen molar-refractivity contribution in [3.63, 3.8) is 0 Å². The third-order valence-electron chi connectivity index (χ3n) is 3.61. The van der Waals surface area contributed by atoms with Crippen LogP contribution in [0, 0.1) is 0 Å². The summed E-state index contributed by atoms with van der Waals surface area (Å²) < 4.78 is 0. The molecule has 0 radical (unpaired) electrons. The predicted octanol–water partition coefficient (Wildman–Crippen LogP) is 2.97. The molecule has 0 aliphatic rings. The molecule has 0 bridgehead atoms. The second kappa shape index (κ2) is 8.16. The molecule has 1 aromatic heterocycles. The minimum Gasteiger partial charge on any atom is -0.347 e. The summed E-state index contributed by atoms with van der Waals surface area (Å²) in [6, 6.07) is 13.2. The van der Waals surface area contributed by atoms with Gasteiger partial charge in [-0.2, -0.15) is 0 Å². The van der Waals surface area contributed by atoms with Crippen LogP contribution in [0.4, 0.5) is 0 Å². The van der Waals surface area contributed by atoms with Crippen molar-refractivity contribution >= 4 is 23.6 Å². The van der Waals surface area contributed by atoms with Crippen molar-refractivity contribution in [1.29, 1.82) is 0 Å². The Morgan fingerprint density at radius 2 is 1.80 bits per heavy atom. The van der Waals surface area contributed by atoms with Gasteiger partial charge in [0, 0.05) is 31.6 Å². The van der Waals surface area contributed by atoms with Gasteiger partial charge in [-0.15, -0.1) is 11.8 Å². The largest absolute Gasteiger partial charge is 0.347 e. The van der Waals surface area contributed by atoms with E-state index in [0.29, 0.717) is 5.56 Å². The number of carbonyl (C=O) groups excluding carboxylic acids is 2. The molecule has 0 unspecified atom stereocenters. The third kappa shape index (κ3) is 5.32. The van der Waals surface area contributed by atoms with Gasteiger partial charge in [-0.05, 0) is 43.7 Å². The van der Waals surface area contributed by atoms with Gasteiger partial charge in [-0.25, -0.2) is 4.98 Å². The lowest BCUT2D eigenvalue weighted by Gasteiger charge is -2.28. The standard InChI is InChI=1S/C19H23N3O2S/c1-19(2,18(24)22(3)4)21-17(23)15-10-8-14(9-11-15)13-25-16-7-5-6-12-20-16/h5-12H,13H2,1-4H3,(H,21,23). The number of hydrogen-bond donors (Lipinski definition) is 1. The molecule has 2 aromatic rings. The predicted molar refractivity (Wildman–Crippen MR) is 100 cm³/mol. The van der Waals surface area contributed by atoms with Crippen LogP contribution in [0.1, 0.15) is 29.8 Å². The van der Waals surface area contributed by atoms with Gasteiger partial charge in [0.25, 0.3) is 5.91 Å². The molecule has 0 atom stereocenters. The van der Waals surface area contributed by atoms with Crippen LogP contribution in [-0.4, -0.2) is 41.3 Å². The number of benzene rings is 1. The van der Waals surface area contributed by atoms with E-state index in [0.717, 1.165) is 16.3 Å². The molecular weight excluding hydrogens is 334 g/mol.